The Kier molecular flexibility index (Phi) is 5.58. The minimum Gasteiger partial charge on any atom is -0.444 e. The van der Waals surface area contributed by atoms with E-state index in [1.165, 1.54) is 0 Å². The van der Waals surface area contributed by atoms with Crippen LogP contribution in [0.25, 0.3) is 16.6 Å². The van der Waals surface area contributed by atoms with E-state index < -0.39 is 5.60 Å². The maximum atomic E-state index is 12.7. The van der Waals surface area contributed by atoms with E-state index in [0.29, 0.717) is 53.9 Å². The normalized spacial score (nSPS) is 15.0. The zero-order chi connectivity index (χ0) is 24.7. The third-order valence-electron chi connectivity index (χ3n) is 6.12. The molecule has 3 aromatic heterocycles. The van der Waals surface area contributed by atoms with Gasteiger partial charge in [-0.2, -0.15) is 5.10 Å². The molecule has 1 saturated heterocycles. The Morgan fingerprint density at radius 2 is 1.91 bits per heavy atom. The number of hydrogen-bond acceptors (Lipinski definition) is 5. The average Bonchev–Trinajstić information content (AvgIpc) is 3.46. The molecule has 4 aromatic rings. The number of piperidine rings is 1. The van der Waals surface area contributed by atoms with Gasteiger partial charge >= 0.3 is 6.09 Å². The van der Waals surface area contributed by atoms with Gasteiger partial charge in [-0.25, -0.2) is 9.31 Å². The molecule has 0 radical (unpaired) electrons. The number of ether oxygens (including phenoxy) is 1. The van der Waals surface area contributed by atoms with Crippen molar-refractivity contribution in [1.29, 1.82) is 0 Å². The van der Waals surface area contributed by atoms with Crippen molar-refractivity contribution in [3.8, 4) is 0 Å². The number of hydrogen-bond donors (Lipinski definition) is 3. The van der Waals surface area contributed by atoms with Crippen LogP contribution in [-0.4, -0.2) is 55.2 Å². The van der Waals surface area contributed by atoms with Gasteiger partial charge < -0.3 is 24.9 Å². The van der Waals surface area contributed by atoms with Gasteiger partial charge in [-0.05, 0) is 57.9 Å². The van der Waals surface area contributed by atoms with Crippen LogP contribution >= 0.6 is 0 Å². The van der Waals surface area contributed by atoms with Gasteiger partial charge in [0.1, 0.15) is 16.9 Å². The maximum Gasteiger partial charge on any atom is 0.410 e. The van der Waals surface area contributed by atoms with E-state index in [-0.39, 0.29) is 23.5 Å². The van der Waals surface area contributed by atoms with Gasteiger partial charge in [0.2, 0.25) is 0 Å². The van der Waals surface area contributed by atoms with Gasteiger partial charge in [0.05, 0.1) is 22.3 Å². The fraction of sp³-hybridized carbons (Fsp3) is 0.360. The van der Waals surface area contributed by atoms with Gasteiger partial charge in [-0.3, -0.25) is 9.59 Å². The number of nitrogens with zero attached hydrogens (tertiary/aromatic N) is 3. The van der Waals surface area contributed by atoms with Gasteiger partial charge in [0, 0.05) is 31.3 Å². The highest BCUT2D eigenvalue weighted by Crippen LogP contribution is 2.32. The number of fused-ring (bicyclic) bond motifs is 3. The molecule has 4 heterocycles. The number of carbonyl (C=O) groups is 2. The second-order valence-electron chi connectivity index (χ2n) is 9.80. The highest BCUT2D eigenvalue weighted by molar-refractivity contribution is 6.11. The first-order valence-corrected chi connectivity index (χ1v) is 11.7. The van der Waals surface area contributed by atoms with E-state index in [4.69, 9.17) is 9.84 Å². The number of anilines is 1. The van der Waals surface area contributed by atoms with Crippen LogP contribution in [0.2, 0.25) is 0 Å². The summed E-state index contributed by atoms with van der Waals surface area (Å²) in [5.41, 5.74) is 2.17. The topological polar surface area (TPSA) is 125 Å². The van der Waals surface area contributed by atoms with Crippen molar-refractivity contribution in [3.05, 3.63) is 64.3 Å². The van der Waals surface area contributed by atoms with Crippen molar-refractivity contribution >= 4 is 34.2 Å². The first-order chi connectivity index (χ1) is 16.7. The molecule has 10 heteroatoms. The summed E-state index contributed by atoms with van der Waals surface area (Å²) >= 11 is 0. The maximum absolute atomic E-state index is 12.7. The Hall–Kier alpha value is -4.08. The van der Waals surface area contributed by atoms with E-state index in [9.17, 15) is 14.4 Å². The lowest BCUT2D eigenvalue weighted by Gasteiger charge is -2.33. The number of aromatic nitrogens is 4. The molecule has 0 saturated carbocycles. The summed E-state index contributed by atoms with van der Waals surface area (Å²) in [7, 11) is 0. The number of aromatic amines is 2. The molecule has 10 nitrogen and oxygen atoms in total. The average molecular weight is 477 g/mol. The molecule has 0 bridgehead atoms. The van der Waals surface area contributed by atoms with Crippen LogP contribution in [0.5, 0.6) is 0 Å². The first kappa shape index (κ1) is 22.7. The Labute approximate surface area is 201 Å². The van der Waals surface area contributed by atoms with Crippen LogP contribution in [0.4, 0.5) is 10.5 Å². The highest BCUT2D eigenvalue weighted by Gasteiger charge is 2.29. The van der Waals surface area contributed by atoms with Crippen molar-refractivity contribution in [2.45, 2.75) is 45.1 Å². The summed E-state index contributed by atoms with van der Waals surface area (Å²) in [6.45, 7) is 6.61. The van der Waals surface area contributed by atoms with Crippen molar-refractivity contribution in [1.82, 2.24) is 24.5 Å². The second-order valence-corrected chi connectivity index (χ2v) is 9.80. The van der Waals surface area contributed by atoms with Crippen LogP contribution in [0.3, 0.4) is 0 Å². The summed E-state index contributed by atoms with van der Waals surface area (Å²) in [5.74, 6) is -0.236. The standard InChI is InChI=1S/C25H28N6O4/c1-25(2,3)35-24(34)30-12-9-15(10-13-30)19-14-20(32)28-22-21-16(6-4-7-17(21)29-31(19)22)27-23(33)18-8-5-11-26-18/h4-8,11,14-15,26H,9-10,12-13H2,1-3H3,(H,27,33)(H,28,32). The van der Waals surface area contributed by atoms with E-state index in [1.54, 1.807) is 39.9 Å². The monoisotopic (exact) mass is 476 g/mol. The predicted octanol–water partition coefficient (Wildman–Crippen LogP) is 3.87. The lowest BCUT2D eigenvalue weighted by Crippen LogP contribution is -2.41. The Balaban J connectivity index is 1.46. The molecule has 182 valence electrons. The molecular weight excluding hydrogens is 448 g/mol. The van der Waals surface area contributed by atoms with E-state index in [2.05, 4.69) is 15.3 Å². The largest absolute Gasteiger partial charge is 0.444 e. The second kappa shape index (κ2) is 8.61. The summed E-state index contributed by atoms with van der Waals surface area (Å²) in [4.78, 5) is 45.3. The van der Waals surface area contributed by atoms with Crippen LogP contribution in [0, 0.1) is 0 Å². The van der Waals surface area contributed by atoms with Crippen LogP contribution in [0.15, 0.2) is 47.4 Å². The third-order valence-corrected chi connectivity index (χ3v) is 6.12. The molecule has 0 unspecified atom stereocenters. The van der Waals surface area contributed by atoms with Gasteiger partial charge in [0.15, 0.2) is 0 Å². The number of likely N-dealkylation sites (tertiary alicyclic amines) is 1. The molecule has 5 rings (SSSR count). The van der Waals surface area contributed by atoms with Gasteiger partial charge in [-0.1, -0.05) is 6.07 Å². The lowest BCUT2D eigenvalue weighted by molar-refractivity contribution is 0.0203. The minimum absolute atomic E-state index is 0.0461. The molecule has 0 aliphatic carbocycles. The fourth-order valence-corrected chi connectivity index (χ4v) is 4.53. The number of rotatable bonds is 3. The van der Waals surface area contributed by atoms with Crippen molar-refractivity contribution in [2.75, 3.05) is 18.4 Å². The minimum atomic E-state index is -0.546. The smallest absolute Gasteiger partial charge is 0.410 e. The molecule has 1 aliphatic rings. The van der Waals surface area contributed by atoms with Gasteiger partial charge in [0.25, 0.3) is 11.5 Å². The van der Waals surface area contributed by atoms with Crippen LogP contribution in [-0.2, 0) is 4.74 Å². The summed E-state index contributed by atoms with van der Waals surface area (Å²) in [5, 5.41) is 8.33. The Morgan fingerprint density at radius 1 is 1.14 bits per heavy atom. The molecular formula is C25H28N6O4. The molecule has 35 heavy (non-hydrogen) atoms. The molecule has 1 fully saturated rings. The van der Waals surface area contributed by atoms with E-state index in [0.717, 1.165) is 5.69 Å². The van der Waals surface area contributed by atoms with Crippen molar-refractivity contribution < 1.29 is 14.3 Å². The zero-order valence-corrected chi connectivity index (χ0v) is 19.9. The van der Waals surface area contributed by atoms with Gasteiger partial charge in [-0.15, -0.1) is 0 Å². The third kappa shape index (κ3) is 4.51. The molecule has 2 amide bonds. The molecule has 1 aromatic carbocycles. The molecule has 3 N–H and O–H groups in total. The van der Waals surface area contributed by atoms with E-state index in [1.807, 2.05) is 32.9 Å². The number of nitrogens with one attached hydrogen (secondary N) is 3. The Morgan fingerprint density at radius 3 is 2.60 bits per heavy atom. The predicted molar refractivity (Wildman–Crippen MR) is 132 cm³/mol. The summed E-state index contributed by atoms with van der Waals surface area (Å²) in [6.07, 6.45) is 2.73. The van der Waals surface area contributed by atoms with E-state index >= 15 is 0 Å². The molecule has 1 aliphatic heterocycles. The fourth-order valence-electron chi connectivity index (χ4n) is 4.53. The Bertz CT molecular complexity index is 1450. The van der Waals surface area contributed by atoms with Crippen LogP contribution in [0.1, 0.15) is 55.7 Å². The number of carbonyl (C=O) groups excluding carboxylic acids is 2. The quantitative estimate of drug-likeness (QED) is 0.414. The van der Waals surface area contributed by atoms with Crippen molar-refractivity contribution in [3.63, 3.8) is 0 Å². The zero-order valence-electron chi connectivity index (χ0n) is 19.9. The first-order valence-electron chi connectivity index (χ1n) is 11.7. The summed E-state index contributed by atoms with van der Waals surface area (Å²) < 4.78 is 7.25. The lowest BCUT2D eigenvalue weighted by atomic mass is 9.93. The van der Waals surface area contributed by atoms with Crippen LogP contribution < -0.4 is 10.9 Å². The van der Waals surface area contributed by atoms with Crippen molar-refractivity contribution in [2.24, 2.45) is 0 Å². The highest BCUT2D eigenvalue weighted by atomic mass is 16.6. The number of amides is 2. The molecule has 0 atom stereocenters. The number of H-pyrrole nitrogens is 2. The SMILES string of the molecule is CC(C)(C)OC(=O)N1CCC(c2cc(=O)[nH]c3c4c(NC(=O)c5ccc[nH]5)cccc4nn23)CC1. The molecule has 0 spiro atoms. The number of benzene rings is 1. The summed E-state index contributed by atoms with van der Waals surface area (Å²) in [6, 6.07) is 10.5.